The Morgan fingerprint density at radius 1 is 1.14 bits per heavy atom. The second-order valence-electron chi connectivity index (χ2n) is 9.76. The minimum absolute atomic E-state index is 0.0323. The van der Waals surface area contributed by atoms with Crippen LogP contribution in [0.2, 0.25) is 0 Å². The van der Waals surface area contributed by atoms with Crippen molar-refractivity contribution in [3.05, 3.63) is 57.1 Å². The van der Waals surface area contributed by atoms with Gasteiger partial charge in [0.25, 0.3) is 5.69 Å². The predicted molar refractivity (Wildman–Crippen MR) is 125 cm³/mol. The Balaban J connectivity index is 1.57. The lowest BCUT2D eigenvalue weighted by atomic mass is 9.75. The van der Waals surface area contributed by atoms with Crippen LogP contribution in [0, 0.1) is 35.8 Å². The molecule has 35 heavy (non-hydrogen) atoms. The lowest BCUT2D eigenvalue weighted by Gasteiger charge is -2.37. The summed E-state index contributed by atoms with van der Waals surface area (Å²) in [6.45, 7) is 4.47. The fourth-order valence-corrected chi connectivity index (χ4v) is 6.86. The number of nitrogens with one attached hydrogen (secondary N) is 1. The van der Waals surface area contributed by atoms with Crippen LogP contribution in [-0.4, -0.2) is 47.2 Å². The number of amides is 3. The van der Waals surface area contributed by atoms with Crippen LogP contribution in [0.3, 0.4) is 0 Å². The van der Waals surface area contributed by atoms with Crippen molar-refractivity contribution < 1.29 is 24.0 Å². The minimum atomic E-state index is -1.30. The molecule has 180 valence electrons. The predicted octanol–water partition coefficient (Wildman–Crippen LogP) is 2.65. The summed E-state index contributed by atoms with van der Waals surface area (Å²) in [5.74, 6) is -2.76. The largest absolute Gasteiger partial charge is 0.495 e. The lowest BCUT2D eigenvalue weighted by molar-refractivity contribution is -0.384. The number of non-ortho nitro benzene ring substituents is 1. The van der Waals surface area contributed by atoms with Crippen molar-refractivity contribution >= 4 is 34.8 Å². The van der Waals surface area contributed by atoms with Gasteiger partial charge in [-0.05, 0) is 44.9 Å². The van der Waals surface area contributed by atoms with Crippen molar-refractivity contribution in [2.45, 2.75) is 38.3 Å². The van der Waals surface area contributed by atoms with Gasteiger partial charge < -0.3 is 10.1 Å². The maximum Gasteiger partial charge on any atom is 0.271 e. The summed E-state index contributed by atoms with van der Waals surface area (Å²) in [5.41, 5.74) is 1.76. The molecule has 1 N–H and O–H groups in total. The first-order chi connectivity index (χ1) is 16.7. The van der Waals surface area contributed by atoms with Crippen LogP contribution >= 0.6 is 0 Å². The number of carbonyl (C=O) groups excluding carboxylic acids is 3. The van der Waals surface area contributed by atoms with Crippen molar-refractivity contribution in [3.63, 3.8) is 0 Å². The number of rotatable bonds is 3. The molecule has 3 amide bonds. The van der Waals surface area contributed by atoms with E-state index in [0.717, 1.165) is 28.0 Å². The number of nitrogens with zero attached hydrogens (tertiary/aromatic N) is 3. The van der Waals surface area contributed by atoms with E-state index in [-0.39, 0.29) is 29.1 Å². The highest BCUT2D eigenvalue weighted by Gasteiger charge is 2.75. The van der Waals surface area contributed by atoms with E-state index in [9.17, 15) is 24.5 Å². The van der Waals surface area contributed by atoms with Gasteiger partial charge in [-0.25, -0.2) is 4.90 Å². The van der Waals surface area contributed by atoms with E-state index in [4.69, 9.17) is 4.74 Å². The monoisotopic (exact) mass is 476 g/mol. The standard InChI is InChI=1S/C25H24N4O6/c1-12-9-13(2)21-15(10-12)25(24(32)26-21)20-19(16-5-4-8-27(16)25)22(30)28(23(20)31)17-11-14(29(33)34)6-7-18(17)35-3/h6-7,9-11,16,19-20H,4-5,8H2,1-3H3,(H,26,32)/t16-,19+,20+,25+/m0/s1. The molecule has 0 aromatic heterocycles. The van der Waals surface area contributed by atoms with Gasteiger partial charge in [-0.2, -0.15) is 0 Å². The van der Waals surface area contributed by atoms with Crippen molar-refractivity contribution in [2.24, 2.45) is 11.8 Å². The molecule has 0 bridgehead atoms. The maximum absolute atomic E-state index is 14.1. The highest BCUT2D eigenvalue weighted by atomic mass is 16.6. The number of fused-ring (bicyclic) bond motifs is 7. The number of anilines is 2. The van der Waals surface area contributed by atoms with Crippen molar-refractivity contribution in [2.75, 3.05) is 23.9 Å². The molecule has 4 atom stereocenters. The van der Waals surface area contributed by atoms with E-state index in [1.165, 1.54) is 25.3 Å². The molecule has 4 aliphatic rings. The molecule has 6 rings (SSSR count). The Kier molecular flexibility index (Phi) is 4.41. The Morgan fingerprint density at radius 2 is 1.91 bits per heavy atom. The van der Waals surface area contributed by atoms with Crippen LogP contribution in [0.4, 0.5) is 17.1 Å². The summed E-state index contributed by atoms with van der Waals surface area (Å²) in [5, 5.41) is 14.5. The number of carbonyl (C=O) groups is 3. The molecule has 3 fully saturated rings. The van der Waals surface area contributed by atoms with Gasteiger partial charge in [0.15, 0.2) is 0 Å². The Labute approximate surface area is 201 Å². The molecule has 1 spiro atoms. The first-order valence-corrected chi connectivity index (χ1v) is 11.6. The molecular weight excluding hydrogens is 452 g/mol. The molecule has 3 saturated heterocycles. The summed E-state index contributed by atoms with van der Waals surface area (Å²) >= 11 is 0. The summed E-state index contributed by atoms with van der Waals surface area (Å²) in [6, 6.07) is 7.47. The lowest BCUT2D eigenvalue weighted by Crippen LogP contribution is -2.54. The van der Waals surface area contributed by atoms with Gasteiger partial charge in [-0.1, -0.05) is 17.7 Å². The Hall–Kier alpha value is -3.79. The van der Waals surface area contributed by atoms with Gasteiger partial charge >= 0.3 is 0 Å². The molecular formula is C25H24N4O6. The van der Waals surface area contributed by atoms with E-state index in [0.29, 0.717) is 18.7 Å². The number of imide groups is 1. The highest BCUT2D eigenvalue weighted by molar-refractivity contribution is 6.26. The number of aryl methyl sites for hydroxylation is 2. The van der Waals surface area contributed by atoms with E-state index < -0.39 is 34.1 Å². The number of nitro benzene ring substituents is 1. The number of benzene rings is 2. The number of nitro groups is 1. The molecule has 0 saturated carbocycles. The van der Waals surface area contributed by atoms with Crippen LogP contribution in [0.1, 0.15) is 29.5 Å². The number of methoxy groups -OCH3 is 1. The fourth-order valence-electron chi connectivity index (χ4n) is 6.86. The minimum Gasteiger partial charge on any atom is -0.495 e. The molecule has 0 aliphatic carbocycles. The zero-order valence-corrected chi connectivity index (χ0v) is 19.5. The van der Waals surface area contributed by atoms with Gasteiger partial charge in [-0.3, -0.25) is 29.4 Å². The third kappa shape index (κ3) is 2.54. The molecule has 4 heterocycles. The smallest absolute Gasteiger partial charge is 0.271 e. The maximum atomic E-state index is 14.1. The Bertz CT molecular complexity index is 1360. The van der Waals surface area contributed by atoms with Crippen molar-refractivity contribution in [1.82, 2.24) is 4.90 Å². The van der Waals surface area contributed by atoms with Crippen molar-refractivity contribution in [3.8, 4) is 5.75 Å². The first-order valence-electron chi connectivity index (χ1n) is 11.6. The quantitative estimate of drug-likeness (QED) is 0.411. The zero-order valence-electron chi connectivity index (χ0n) is 19.5. The molecule has 0 radical (unpaired) electrons. The van der Waals surface area contributed by atoms with Crippen LogP contribution in [0.25, 0.3) is 0 Å². The zero-order chi connectivity index (χ0) is 24.8. The second kappa shape index (κ2) is 7.11. The molecule has 2 aromatic rings. The first kappa shape index (κ1) is 21.7. The Morgan fingerprint density at radius 3 is 2.63 bits per heavy atom. The van der Waals surface area contributed by atoms with E-state index in [2.05, 4.69) is 10.2 Å². The van der Waals surface area contributed by atoms with E-state index in [1.807, 2.05) is 26.0 Å². The third-order valence-electron chi connectivity index (χ3n) is 8.06. The van der Waals surface area contributed by atoms with E-state index in [1.54, 1.807) is 0 Å². The van der Waals surface area contributed by atoms with Gasteiger partial charge in [0.1, 0.15) is 17.0 Å². The average Bonchev–Trinajstić information content (AvgIpc) is 3.52. The van der Waals surface area contributed by atoms with Gasteiger partial charge in [0.2, 0.25) is 17.7 Å². The number of hydrogen-bond acceptors (Lipinski definition) is 7. The summed E-state index contributed by atoms with van der Waals surface area (Å²) < 4.78 is 5.37. The highest BCUT2D eigenvalue weighted by Crippen LogP contribution is 2.61. The third-order valence-corrected chi connectivity index (χ3v) is 8.06. The summed E-state index contributed by atoms with van der Waals surface area (Å²) in [7, 11) is 1.38. The molecule has 0 unspecified atom stereocenters. The van der Waals surface area contributed by atoms with Gasteiger partial charge in [0, 0.05) is 29.4 Å². The van der Waals surface area contributed by atoms with Gasteiger partial charge in [0.05, 0.1) is 23.9 Å². The van der Waals surface area contributed by atoms with Gasteiger partial charge in [-0.15, -0.1) is 0 Å². The van der Waals surface area contributed by atoms with Crippen LogP contribution in [-0.2, 0) is 19.9 Å². The normalized spacial score (nSPS) is 28.9. The molecule has 4 aliphatic heterocycles. The molecule has 10 nitrogen and oxygen atoms in total. The molecule has 10 heteroatoms. The number of ether oxygens (including phenoxy) is 1. The second-order valence-corrected chi connectivity index (χ2v) is 9.76. The number of hydrogen-bond donors (Lipinski definition) is 1. The fraction of sp³-hybridized carbons (Fsp3) is 0.400. The summed E-state index contributed by atoms with van der Waals surface area (Å²) in [4.78, 5) is 55.8. The van der Waals surface area contributed by atoms with E-state index >= 15 is 0 Å². The SMILES string of the molecule is COc1ccc([N+](=O)[O-])cc1N1C(=O)[C@@H]2[C@@H]3CCCN3[C@@]3(C(=O)Nc4c(C)cc(C)cc43)[C@H]2C1=O. The van der Waals surface area contributed by atoms with Crippen molar-refractivity contribution in [1.29, 1.82) is 0 Å². The summed E-state index contributed by atoms with van der Waals surface area (Å²) in [6.07, 6.45) is 1.50. The van der Waals surface area contributed by atoms with Crippen LogP contribution in [0.15, 0.2) is 30.3 Å². The molecule has 2 aromatic carbocycles. The average molecular weight is 476 g/mol. The topological polar surface area (TPSA) is 122 Å². The van der Waals surface area contributed by atoms with Crippen LogP contribution < -0.4 is 15.0 Å². The van der Waals surface area contributed by atoms with Crippen LogP contribution in [0.5, 0.6) is 5.75 Å².